The van der Waals surface area contributed by atoms with Crippen molar-refractivity contribution in [3.63, 3.8) is 0 Å². The summed E-state index contributed by atoms with van der Waals surface area (Å²) >= 11 is 0. The largest absolute Gasteiger partial charge is 0.457 e. The van der Waals surface area contributed by atoms with Crippen molar-refractivity contribution in [1.82, 2.24) is 0 Å². The minimum atomic E-state index is -1.72. The molecule has 2 saturated heterocycles. The average Bonchev–Trinajstić information content (AvgIpc) is 3.39. The highest BCUT2D eigenvalue weighted by Gasteiger charge is 2.47. The zero-order chi connectivity index (χ0) is 53.0. The highest BCUT2D eigenvalue weighted by Crippen LogP contribution is 2.26. The molecule has 0 saturated carbocycles. The zero-order valence-corrected chi connectivity index (χ0v) is 44.3. The van der Waals surface area contributed by atoms with Crippen LogP contribution in [0.3, 0.4) is 0 Å². The van der Waals surface area contributed by atoms with Crippen molar-refractivity contribution >= 4 is 5.97 Å². The topological polar surface area (TPSA) is 214 Å². The van der Waals surface area contributed by atoms with Crippen molar-refractivity contribution in [2.45, 2.75) is 223 Å². The van der Waals surface area contributed by atoms with E-state index in [2.05, 4.69) is 123 Å². The number of carbonyl (C=O) groups is 1. The van der Waals surface area contributed by atoms with E-state index in [9.17, 15) is 40.5 Å². The van der Waals surface area contributed by atoms with Gasteiger partial charge in [0.1, 0.15) is 54.9 Å². The molecule has 2 heterocycles. The van der Waals surface area contributed by atoms with Gasteiger partial charge in [0.05, 0.1) is 26.4 Å². The smallest absolute Gasteiger partial charge is 0.306 e. The van der Waals surface area contributed by atoms with Gasteiger partial charge in [-0.15, -0.1) is 0 Å². The van der Waals surface area contributed by atoms with E-state index < -0.39 is 86.7 Å². The molecule has 14 nitrogen and oxygen atoms in total. The monoisotopic (exact) mass is 1030 g/mol. The van der Waals surface area contributed by atoms with Gasteiger partial charge in [0.15, 0.2) is 12.6 Å². The molecule has 14 heteroatoms. The maximum absolute atomic E-state index is 13.0. The first-order chi connectivity index (χ1) is 35.6. The molecule has 11 unspecified atom stereocenters. The van der Waals surface area contributed by atoms with E-state index in [4.69, 9.17) is 28.4 Å². The van der Waals surface area contributed by atoms with Crippen molar-refractivity contribution < 1.29 is 69.0 Å². The molecule has 416 valence electrons. The number of allylic oxidation sites excluding steroid dienone is 18. The molecule has 0 aliphatic carbocycles. The first kappa shape index (κ1) is 65.8. The van der Waals surface area contributed by atoms with Crippen LogP contribution in [-0.4, -0.2) is 142 Å². The number of aliphatic hydroxyl groups is 7. The number of unbranched alkanes of at least 4 members (excludes halogenated alkanes) is 10. The van der Waals surface area contributed by atoms with Gasteiger partial charge in [0, 0.05) is 13.0 Å². The van der Waals surface area contributed by atoms with E-state index in [-0.39, 0.29) is 19.6 Å². The van der Waals surface area contributed by atoms with Gasteiger partial charge in [-0.3, -0.25) is 4.79 Å². The maximum atomic E-state index is 13.0. The first-order valence-corrected chi connectivity index (χ1v) is 27.5. The van der Waals surface area contributed by atoms with Gasteiger partial charge in [0.2, 0.25) is 0 Å². The van der Waals surface area contributed by atoms with Crippen LogP contribution >= 0.6 is 0 Å². The molecule has 2 aliphatic rings. The van der Waals surface area contributed by atoms with Crippen molar-refractivity contribution in [2.24, 2.45) is 0 Å². The van der Waals surface area contributed by atoms with Crippen molar-refractivity contribution in [3.8, 4) is 0 Å². The Bertz CT molecular complexity index is 1620. The van der Waals surface area contributed by atoms with Gasteiger partial charge in [-0.25, -0.2) is 0 Å². The highest BCUT2D eigenvalue weighted by atomic mass is 16.7. The van der Waals surface area contributed by atoms with E-state index in [1.807, 2.05) is 0 Å². The molecule has 2 aliphatic heterocycles. The minimum absolute atomic E-state index is 0.0269. The normalized spacial score (nSPS) is 25.8. The van der Waals surface area contributed by atoms with E-state index in [1.54, 1.807) is 0 Å². The molecular formula is C59H96O14. The third-order valence-corrected chi connectivity index (χ3v) is 12.3. The lowest BCUT2D eigenvalue weighted by Gasteiger charge is -2.42. The van der Waals surface area contributed by atoms with E-state index in [0.29, 0.717) is 13.0 Å². The second-order valence-electron chi connectivity index (χ2n) is 18.6. The van der Waals surface area contributed by atoms with E-state index >= 15 is 0 Å². The molecule has 2 fully saturated rings. The van der Waals surface area contributed by atoms with Crippen LogP contribution in [0.25, 0.3) is 0 Å². The van der Waals surface area contributed by atoms with Crippen LogP contribution in [0.15, 0.2) is 109 Å². The molecule has 11 atom stereocenters. The lowest BCUT2D eigenvalue weighted by Crippen LogP contribution is -2.61. The van der Waals surface area contributed by atoms with Crippen LogP contribution in [0.2, 0.25) is 0 Å². The Kier molecular flexibility index (Phi) is 40.4. The lowest BCUT2D eigenvalue weighted by molar-refractivity contribution is -0.332. The second-order valence-corrected chi connectivity index (χ2v) is 18.6. The molecule has 73 heavy (non-hydrogen) atoms. The predicted molar refractivity (Wildman–Crippen MR) is 288 cm³/mol. The Morgan fingerprint density at radius 1 is 0.452 bits per heavy atom. The molecular weight excluding hydrogens is 933 g/mol. The number of ether oxygens (including phenoxy) is 6. The quantitative estimate of drug-likeness (QED) is 0.0173. The van der Waals surface area contributed by atoms with Gasteiger partial charge in [-0.1, -0.05) is 162 Å². The summed E-state index contributed by atoms with van der Waals surface area (Å²) in [5.74, 6) is -0.404. The Balaban J connectivity index is 1.77. The number of aliphatic hydroxyl groups excluding tert-OH is 7. The maximum Gasteiger partial charge on any atom is 0.306 e. The summed E-state index contributed by atoms with van der Waals surface area (Å²) < 4.78 is 34.3. The summed E-state index contributed by atoms with van der Waals surface area (Å²) in [7, 11) is 0. The third kappa shape index (κ3) is 32.0. The number of rotatable bonds is 42. The second kappa shape index (κ2) is 44.9. The van der Waals surface area contributed by atoms with Crippen molar-refractivity contribution in [1.29, 1.82) is 0 Å². The van der Waals surface area contributed by atoms with E-state index in [1.165, 1.54) is 12.8 Å². The van der Waals surface area contributed by atoms with Crippen molar-refractivity contribution in [2.75, 3.05) is 33.0 Å². The summed E-state index contributed by atoms with van der Waals surface area (Å²) in [6, 6.07) is 0. The summed E-state index contributed by atoms with van der Waals surface area (Å²) in [6.07, 6.45) is 44.3. The van der Waals surface area contributed by atoms with Gasteiger partial charge in [-0.2, -0.15) is 0 Å². The van der Waals surface area contributed by atoms with Gasteiger partial charge >= 0.3 is 5.97 Å². The number of hydrogen-bond donors (Lipinski definition) is 7. The lowest BCUT2D eigenvalue weighted by atomic mass is 9.98. The Morgan fingerprint density at radius 2 is 0.849 bits per heavy atom. The molecule has 0 bridgehead atoms. The first-order valence-electron chi connectivity index (χ1n) is 27.5. The predicted octanol–water partition coefficient (Wildman–Crippen LogP) is 9.18. The Morgan fingerprint density at radius 3 is 1.33 bits per heavy atom. The van der Waals surface area contributed by atoms with Gasteiger partial charge < -0.3 is 64.2 Å². The van der Waals surface area contributed by atoms with Crippen molar-refractivity contribution in [3.05, 3.63) is 109 Å². The van der Waals surface area contributed by atoms with Crippen LogP contribution in [0.1, 0.15) is 155 Å². The Hall–Kier alpha value is -3.35. The number of hydrogen-bond acceptors (Lipinski definition) is 14. The summed E-state index contributed by atoms with van der Waals surface area (Å²) in [5.41, 5.74) is 0. The van der Waals surface area contributed by atoms with Crippen LogP contribution in [0, 0.1) is 0 Å². The Labute approximate surface area is 438 Å². The zero-order valence-electron chi connectivity index (χ0n) is 44.3. The standard InChI is InChI=1S/C59H96O14/c1-3-5-7-9-11-13-15-17-19-21-22-23-24-25-27-29-31-33-35-37-39-41-43-68-45-48(71-51(61)42-40-38-36-34-32-30-28-26-20-18-16-14-12-10-8-6-4-2)46-69-58-57(67)55(65)53(63)50(73-58)47-70-59-56(66)54(64)52(62)49(44-60)72-59/h5-8,11-14,17-20,22-23,25,27,31,33,48-50,52-60,62-67H,3-4,9-10,15-16,21,24,26,28-30,32,34-47H2,1-2H3/b7-5-,8-6-,13-11-,14-12-,19-17-,20-18-,23-22-,27-25-,33-31-. The van der Waals surface area contributed by atoms with Crippen LogP contribution in [0.4, 0.5) is 0 Å². The number of esters is 1. The third-order valence-electron chi connectivity index (χ3n) is 12.3. The molecule has 0 spiro atoms. The molecule has 0 aromatic carbocycles. The van der Waals surface area contributed by atoms with Crippen LogP contribution in [0.5, 0.6) is 0 Å². The van der Waals surface area contributed by atoms with Crippen LogP contribution in [-0.2, 0) is 33.2 Å². The fourth-order valence-electron chi connectivity index (χ4n) is 7.89. The molecule has 0 radical (unpaired) electrons. The van der Waals surface area contributed by atoms with Gasteiger partial charge in [0.25, 0.3) is 0 Å². The molecule has 0 aromatic heterocycles. The average molecular weight is 1030 g/mol. The fraction of sp³-hybridized carbons (Fsp3) is 0.678. The van der Waals surface area contributed by atoms with E-state index in [0.717, 1.165) is 116 Å². The summed E-state index contributed by atoms with van der Waals surface area (Å²) in [5, 5.41) is 72.3. The van der Waals surface area contributed by atoms with Crippen LogP contribution < -0.4 is 0 Å². The molecule has 2 rings (SSSR count). The molecule has 0 amide bonds. The molecule has 0 aromatic rings. The molecule has 7 N–H and O–H groups in total. The highest BCUT2D eigenvalue weighted by molar-refractivity contribution is 5.69. The fourth-order valence-corrected chi connectivity index (χ4v) is 7.89. The summed E-state index contributed by atoms with van der Waals surface area (Å²) in [4.78, 5) is 13.0. The number of carbonyl (C=O) groups excluding carboxylic acids is 1. The summed E-state index contributed by atoms with van der Waals surface area (Å²) in [6.45, 7) is 3.34. The SMILES string of the molecule is CC/C=C\C/C=C\C/C=C\C/C=C\C/C=C\C/C=C\CCCCCOCC(COC1OC(COC2OC(CO)C(O)C(O)C2O)C(O)C(O)C1O)OC(=O)CCCCCCCCC/C=C\C/C=C\C/C=C\CC. The van der Waals surface area contributed by atoms with Gasteiger partial charge in [-0.05, 0) is 96.3 Å². The minimum Gasteiger partial charge on any atom is -0.457 e.